The fraction of sp³-hybridized carbons (Fsp3) is 0.234. The number of benzene rings is 6. The molecule has 0 saturated carbocycles. The lowest BCUT2D eigenvalue weighted by Crippen LogP contribution is -2.06. The van der Waals surface area contributed by atoms with Crippen LogP contribution >= 0.6 is 0 Å². The molecule has 2 heterocycles. The van der Waals surface area contributed by atoms with E-state index >= 15 is 0 Å². The van der Waals surface area contributed by atoms with Crippen LogP contribution in [0.5, 0.6) is 80.5 Å². The third-order valence-electron chi connectivity index (χ3n) is 9.84. The quantitative estimate of drug-likeness (QED) is 0.169. The first-order valence-electron chi connectivity index (χ1n) is 18.2. The van der Waals surface area contributed by atoms with Gasteiger partial charge in [0.25, 0.3) is 0 Å². The molecular formula is C47H44O7. The van der Waals surface area contributed by atoms with Gasteiger partial charge in [0.1, 0.15) is 23.0 Å². The minimum atomic E-state index is 0.565. The Labute approximate surface area is 317 Å². The Bertz CT molecular complexity index is 2500. The zero-order valence-electron chi connectivity index (χ0n) is 32.7. The Balaban J connectivity index is 1.07. The maximum atomic E-state index is 6.61. The Morgan fingerprint density at radius 1 is 0.278 bits per heavy atom. The van der Waals surface area contributed by atoms with E-state index in [9.17, 15) is 0 Å². The molecule has 8 rings (SSSR count). The summed E-state index contributed by atoms with van der Waals surface area (Å²) in [6.45, 7) is 22.3. The van der Waals surface area contributed by atoms with Gasteiger partial charge in [-0.25, -0.2) is 0 Å². The summed E-state index contributed by atoms with van der Waals surface area (Å²) in [5.74, 6) is 9.07. The number of fused-ring (bicyclic) bond motifs is 4. The molecule has 0 radical (unpaired) electrons. The topological polar surface area (TPSA) is 64.6 Å². The van der Waals surface area contributed by atoms with Gasteiger partial charge < -0.3 is 33.2 Å². The molecule has 6 aromatic carbocycles. The number of ether oxygens (including phenoxy) is 7. The molecule has 2 aliphatic rings. The SMILES string of the molecule is Cc1cc(C)cc(Oc2c(C)cc(C)c3c2Oc2c(C)cc(Oc4c(C)cc(Oc5c(C)cc(C)c6c5Oc5c(C)cc(C)cc5O6)cc4C)cc2O3)c1. The van der Waals surface area contributed by atoms with Crippen molar-refractivity contribution >= 4 is 0 Å². The van der Waals surface area contributed by atoms with Crippen molar-refractivity contribution in [1.82, 2.24) is 0 Å². The second kappa shape index (κ2) is 13.1. The summed E-state index contributed by atoms with van der Waals surface area (Å²) < 4.78 is 45.8. The van der Waals surface area contributed by atoms with Gasteiger partial charge in [-0.15, -0.1) is 0 Å². The molecule has 0 aliphatic carbocycles. The average Bonchev–Trinajstić information content (AvgIpc) is 3.09. The number of hydrogen-bond acceptors (Lipinski definition) is 7. The van der Waals surface area contributed by atoms with E-state index in [0.717, 1.165) is 72.7 Å². The van der Waals surface area contributed by atoms with Crippen molar-refractivity contribution in [2.24, 2.45) is 0 Å². The molecule has 7 nitrogen and oxygen atoms in total. The first-order chi connectivity index (χ1) is 25.7. The van der Waals surface area contributed by atoms with Gasteiger partial charge in [-0.2, -0.15) is 0 Å². The monoisotopic (exact) mass is 720 g/mol. The van der Waals surface area contributed by atoms with Gasteiger partial charge in [0.05, 0.1) is 0 Å². The predicted molar refractivity (Wildman–Crippen MR) is 211 cm³/mol. The summed E-state index contributed by atoms with van der Waals surface area (Å²) in [4.78, 5) is 0. The molecule has 0 N–H and O–H groups in total. The lowest BCUT2D eigenvalue weighted by molar-refractivity contribution is 0.334. The zero-order chi connectivity index (χ0) is 38.2. The second-order valence-electron chi connectivity index (χ2n) is 14.9. The van der Waals surface area contributed by atoms with E-state index in [2.05, 4.69) is 45.0 Å². The largest absolute Gasteiger partial charge is 0.457 e. The third-order valence-corrected chi connectivity index (χ3v) is 9.84. The van der Waals surface area contributed by atoms with E-state index in [1.165, 1.54) is 0 Å². The van der Waals surface area contributed by atoms with Crippen molar-refractivity contribution < 1.29 is 33.2 Å². The van der Waals surface area contributed by atoms with Crippen LogP contribution in [0.1, 0.15) is 61.2 Å². The number of hydrogen-bond donors (Lipinski definition) is 0. The highest BCUT2D eigenvalue weighted by atomic mass is 16.6. The first kappa shape index (κ1) is 35.0. The average molecular weight is 721 g/mol. The van der Waals surface area contributed by atoms with Gasteiger partial charge >= 0.3 is 0 Å². The first-order valence-corrected chi connectivity index (χ1v) is 18.2. The van der Waals surface area contributed by atoms with E-state index in [0.29, 0.717) is 69.0 Å². The zero-order valence-corrected chi connectivity index (χ0v) is 32.7. The maximum Gasteiger partial charge on any atom is 0.213 e. The highest BCUT2D eigenvalue weighted by Gasteiger charge is 2.30. The molecule has 0 atom stereocenters. The Hall–Kier alpha value is -6.08. The van der Waals surface area contributed by atoms with Crippen LogP contribution in [0.3, 0.4) is 0 Å². The second-order valence-corrected chi connectivity index (χ2v) is 14.9. The van der Waals surface area contributed by atoms with Gasteiger partial charge in [0, 0.05) is 6.07 Å². The number of aryl methyl sites for hydroxylation is 11. The van der Waals surface area contributed by atoms with Crippen molar-refractivity contribution in [3.05, 3.63) is 128 Å². The normalized spacial score (nSPS) is 12.2. The van der Waals surface area contributed by atoms with Crippen LogP contribution in [0.2, 0.25) is 0 Å². The lowest BCUT2D eigenvalue weighted by Gasteiger charge is -2.27. The molecular weight excluding hydrogens is 677 g/mol. The Morgan fingerprint density at radius 2 is 0.648 bits per heavy atom. The van der Waals surface area contributed by atoms with Crippen molar-refractivity contribution in [2.45, 2.75) is 76.2 Å². The third kappa shape index (κ3) is 6.23. The standard InChI is InChI=1S/C47H44O7/c1-23-12-24(2)15-34(14-23)49-42-27(5)17-30(8)45-46(42)54-41-33(11)21-36(22-38(41)52-45)48-39-31(9)19-35(20-32(39)10)50-43-28(6)18-29(7)44-47(43)53-40-26(4)13-25(3)16-37(40)51-44/h12-22H,1-11H3. The van der Waals surface area contributed by atoms with Crippen LogP contribution in [0.15, 0.2) is 66.7 Å². The van der Waals surface area contributed by atoms with E-state index < -0.39 is 0 Å². The summed E-state index contributed by atoms with van der Waals surface area (Å²) in [6, 6.07) is 22.2. The molecule has 274 valence electrons. The molecule has 6 aromatic rings. The lowest BCUT2D eigenvalue weighted by atomic mass is 10.1. The van der Waals surface area contributed by atoms with Crippen LogP contribution in [-0.4, -0.2) is 0 Å². The molecule has 2 aliphatic heterocycles. The van der Waals surface area contributed by atoms with Gasteiger partial charge in [0.15, 0.2) is 46.0 Å². The van der Waals surface area contributed by atoms with Crippen LogP contribution < -0.4 is 33.2 Å². The fourth-order valence-electron chi connectivity index (χ4n) is 7.52. The molecule has 0 unspecified atom stereocenters. The van der Waals surface area contributed by atoms with Crippen molar-refractivity contribution in [1.29, 1.82) is 0 Å². The maximum absolute atomic E-state index is 6.61. The van der Waals surface area contributed by atoms with Gasteiger partial charge in [-0.05, 0) is 186 Å². The van der Waals surface area contributed by atoms with E-state index in [1.54, 1.807) is 0 Å². The number of rotatable bonds is 6. The molecule has 0 fully saturated rings. The van der Waals surface area contributed by atoms with Crippen LogP contribution in [-0.2, 0) is 0 Å². The summed E-state index contributed by atoms with van der Waals surface area (Å²) in [5, 5.41) is 0. The fourth-order valence-corrected chi connectivity index (χ4v) is 7.52. The molecule has 0 saturated heterocycles. The van der Waals surface area contributed by atoms with E-state index in [4.69, 9.17) is 33.2 Å². The van der Waals surface area contributed by atoms with Crippen LogP contribution in [0.25, 0.3) is 0 Å². The van der Waals surface area contributed by atoms with Crippen LogP contribution in [0, 0.1) is 76.2 Å². The van der Waals surface area contributed by atoms with Crippen molar-refractivity contribution in [2.75, 3.05) is 0 Å². The minimum absolute atomic E-state index is 0.565. The van der Waals surface area contributed by atoms with Gasteiger partial charge in [0.2, 0.25) is 11.5 Å². The summed E-state index contributed by atoms with van der Waals surface area (Å²) in [6.07, 6.45) is 0. The highest BCUT2D eigenvalue weighted by molar-refractivity contribution is 5.69. The predicted octanol–water partition coefficient (Wildman–Crippen LogP) is 14.3. The summed E-state index contributed by atoms with van der Waals surface area (Å²) >= 11 is 0. The Morgan fingerprint density at radius 3 is 1.19 bits per heavy atom. The van der Waals surface area contributed by atoms with E-state index in [-0.39, 0.29) is 0 Å². The summed E-state index contributed by atoms with van der Waals surface area (Å²) in [7, 11) is 0. The molecule has 0 bridgehead atoms. The Kier molecular flexibility index (Phi) is 8.48. The van der Waals surface area contributed by atoms with Gasteiger partial charge in [-0.1, -0.05) is 12.1 Å². The van der Waals surface area contributed by atoms with E-state index in [1.807, 2.05) is 97.9 Å². The molecule has 54 heavy (non-hydrogen) atoms. The van der Waals surface area contributed by atoms with Crippen molar-refractivity contribution in [3.8, 4) is 80.5 Å². The molecule has 0 amide bonds. The minimum Gasteiger partial charge on any atom is -0.457 e. The van der Waals surface area contributed by atoms with Crippen molar-refractivity contribution in [3.63, 3.8) is 0 Å². The summed E-state index contributed by atoms with van der Waals surface area (Å²) in [5.41, 5.74) is 10.9. The van der Waals surface area contributed by atoms with Gasteiger partial charge in [-0.3, -0.25) is 0 Å². The molecule has 0 aromatic heterocycles. The molecule has 7 heteroatoms. The smallest absolute Gasteiger partial charge is 0.213 e. The highest BCUT2D eigenvalue weighted by Crippen LogP contribution is 2.57. The molecule has 0 spiro atoms. The van der Waals surface area contributed by atoms with Crippen LogP contribution in [0.4, 0.5) is 0 Å².